The minimum absolute atomic E-state index is 0.254. The van der Waals surface area contributed by atoms with Crippen LogP contribution in [0, 0.1) is 0 Å². The van der Waals surface area contributed by atoms with Crippen LogP contribution in [-0.2, 0) is 13.6 Å². The minimum Gasteiger partial charge on any atom is -0.384 e. The summed E-state index contributed by atoms with van der Waals surface area (Å²) in [5.41, 5.74) is 5.84. The maximum atomic E-state index is 5.84. The molecule has 102 valence electrons. The zero-order valence-corrected chi connectivity index (χ0v) is 11.8. The van der Waals surface area contributed by atoms with Crippen LogP contribution in [0.15, 0.2) is 18.5 Å². The zero-order valence-electron chi connectivity index (χ0n) is 11.8. The van der Waals surface area contributed by atoms with Gasteiger partial charge in [0.2, 0.25) is 0 Å². The molecule has 0 aliphatic rings. The largest absolute Gasteiger partial charge is 0.384 e. The third kappa shape index (κ3) is 3.01. The Bertz CT molecular complexity index is 560. The molecule has 2 N–H and O–H groups in total. The number of nitrogens with two attached hydrogens (primary N) is 1. The first-order valence-corrected chi connectivity index (χ1v) is 6.29. The predicted octanol–water partition coefficient (Wildman–Crippen LogP) is 1.55. The second-order valence-corrected chi connectivity index (χ2v) is 4.97. The van der Waals surface area contributed by atoms with Crippen LogP contribution in [0.25, 0.3) is 0 Å². The molecule has 0 aliphatic carbocycles. The van der Waals surface area contributed by atoms with Crippen LogP contribution in [0.1, 0.15) is 31.4 Å². The summed E-state index contributed by atoms with van der Waals surface area (Å²) in [5, 5.41) is 0. The average Bonchev–Trinajstić information content (AvgIpc) is 2.74. The maximum absolute atomic E-state index is 5.84. The highest BCUT2D eigenvalue weighted by Crippen LogP contribution is 2.18. The van der Waals surface area contributed by atoms with Crippen LogP contribution in [0.2, 0.25) is 0 Å². The Kier molecular flexibility index (Phi) is 3.69. The van der Waals surface area contributed by atoms with E-state index in [1.165, 1.54) is 0 Å². The molecule has 2 aromatic heterocycles. The summed E-state index contributed by atoms with van der Waals surface area (Å²) in [6, 6.07) is 1.79. The minimum atomic E-state index is 0.254. The molecule has 6 heteroatoms. The normalized spacial score (nSPS) is 11.0. The lowest BCUT2D eigenvalue weighted by Crippen LogP contribution is -2.21. The van der Waals surface area contributed by atoms with E-state index in [2.05, 4.69) is 28.8 Å². The van der Waals surface area contributed by atoms with E-state index in [0.29, 0.717) is 12.4 Å². The third-order valence-corrected chi connectivity index (χ3v) is 2.96. The number of nitrogen functional groups attached to an aromatic ring is 1. The number of hydrogen-bond donors (Lipinski definition) is 1. The van der Waals surface area contributed by atoms with Gasteiger partial charge in [0.25, 0.3) is 0 Å². The molecule has 19 heavy (non-hydrogen) atoms. The first-order valence-electron chi connectivity index (χ1n) is 6.29. The summed E-state index contributed by atoms with van der Waals surface area (Å²) in [6.45, 7) is 4.78. The first-order chi connectivity index (χ1) is 8.97. The molecule has 0 fully saturated rings. The monoisotopic (exact) mass is 260 g/mol. The van der Waals surface area contributed by atoms with Crippen molar-refractivity contribution in [2.75, 3.05) is 17.7 Å². The molecule has 0 unspecified atom stereocenters. The SMILES string of the molecule is CC(C)c1nc(N)cc(N(C)Cc2nccn2C)n1. The molecule has 0 amide bonds. The van der Waals surface area contributed by atoms with E-state index in [1.807, 2.05) is 29.8 Å². The predicted molar refractivity (Wildman–Crippen MR) is 75.8 cm³/mol. The Morgan fingerprint density at radius 2 is 2.11 bits per heavy atom. The summed E-state index contributed by atoms with van der Waals surface area (Å²) in [4.78, 5) is 15.1. The van der Waals surface area contributed by atoms with Crippen LogP contribution in [0.4, 0.5) is 11.6 Å². The van der Waals surface area contributed by atoms with Gasteiger partial charge in [0.05, 0.1) is 6.54 Å². The Labute approximate surface area is 113 Å². The molecule has 2 rings (SSSR count). The van der Waals surface area contributed by atoms with Gasteiger partial charge in [-0.1, -0.05) is 13.8 Å². The Hall–Kier alpha value is -2.11. The summed E-state index contributed by atoms with van der Waals surface area (Å²) < 4.78 is 1.99. The molecule has 0 saturated carbocycles. The maximum Gasteiger partial charge on any atom is 0.135 e. The van der Waals surface area contributed by atoms with Crippen molar-refractivity contribution in [2.24, 2.45) is 7.05 Å². The smallest absolute Gasteiger partial charge is 0.135 e. The van der Waals surface area contributed by atoms with E-state index >= 15 is 0 Å². The van der Waals surface area contributed by atoms with Crippen LogP contribution < -0.4 is 10.6 Å². The molecular weight excluding hydrogens is 240 g/mol. The molecule has 0 radical (unpaired) electrons. The number of aryl methyl sites for hydroxylation is 1. The lowest BCUT2D eigenvalue weighted by molar-refractivity contribution is 0.736. The highest BCUT2D eigenvalue weighted by molar-refractivity contribution is 5.46. The molecule has 2 heterocycles. The molecule has 0 aromatic carbocycles. The van der Waals surface area contributed by atoms with Gasteiger partial charge >= 0.3 is 0 Å². The van der Waals surface area contributed by atoms with Gasteiger partial charge in [0.15, 0.2) is 0 Å². The van der Waals surface area contributed by atoms with Gasteiger partial charge in [-0.05, 0) is 0 Å². The molecule has 0 atom stereocenters. The van der Waals surface area contributed by atoms with Crippen LogP contribution in [-0.4, -0.2) is 26.6 Å². The molecule has 0 saturated heterocycles. The Morgan fingerprint density at radius 1 is 1.37 bits per heavy atom. The van der Waals surface area contributed by atoms with Crippen molar-refractivity contribution in [2.45, 2.75) is 26.3 Å². The van der Waals surface area contributed by atoms with Crippen LogP contribution in [0.3, 0.4) is 0 Å². The number of anilines is 2. The van der Waals surface area contributed by atoms with Gasteiger partial charge in [-0.2, -0.15) is 0 Å². The van der Waals surface area contributed by atoms with Crippen LogP contribution in [0.5, 0.6) is 0 Å². The number of hydrogen-bond acceptors (Lipinski definition) is 5. The summed E-state index contributed by atoms with van der Waals surface area (Å²) in [6.07, 6.45) is 3.72. The lowest BCUT2D eigenvalue weighted by Gasteiger charge is -2.19. The topological polar surface area (TPSA) is 72.9 Å². The fourth-order valence-electron chi connectivity index (χ4n) is 1.77. The van der Waals surface area contributed by atoms with Crippen molar-refractivity contribution in [3.8, 4) is 0 Å². The standard InChI is InChI=1S/C13H20N6/c1-9(2)13-16-10(14)7-11(17-13)19(4)8-12-15-5-6-18(12)3/h5-7,9H,8H2,1-4H3,(H2,14,16,17). The van der Waals surface area contributed by atoms with Crippen molar-refractivity contribution in [1.29, 1.82) is 0 Å². The zero-order chi connectivity index (χ0) is 14.0. The van der Waals surface area contributed by atoms with Crippen molar-refractivity contribution >= 4 is 11.6 Å². The fraction of sp³-hybridized carbons (Fsp3) is 0.462. The molecule has 6 nitrogen and oxygen atoms in total. The molecule has 0 bridgehead atoms. The summed E-state index contributed by atoms with van der Waals surface area (Å²) in [7, 11) is 3.95. The third-order valence-electron chi connectivity index (χ3n) is 2.96. The van der Waals surface area contributed by atoms with Gasteiger partial charge in [-0.25, -0.2) is 15.0 Å². The molecule has 0 spiro atoms. The number of rotatable bonds is 4. The second-order valence-electron chi connectivity index (χ2n) is 4.97. The second kappa shape index (κ2) is 5.26. The molecular formula is C13H20N6. The van der Waals surface area contributed by atoms with Gasteiger partial charge in [-0.3, -0.25) is 0 Å². The van der Waals surface area contributed by atoms with E-state index in [4.69, 9.17) is 5.73 Å². The van der Waals surface area contributed by atoms with Crippen molar-refractivity contribution in [1.82, 2.24) is 19.5 Å². The van der Waals surface area contributed by atoms with Crippen molar-refractivity contribution in [3.63, 3.8) is 0 Å². The van der Waals surface area contributed by atoms with E-state index in [1.54, 1.807) is 12.3 Å². The summed E-state index contributed by atoms with van der Waals surface area (Å²) in [5.74, 6) is 3.32. The number of aromatic nitrogens is 4. The van der Waals surface area contributed by atoms with Crippen LogP contribution >= 0.6 is 0 Å². The van der Waals surface area contributed by atoms with E-state index < -0.39 is 0 Å². The van der Waals surface area contributed by atoms with Gasteiger partial charge in [0.1, 0.15) is 23.3 Å². The average molecular weight is 260 g/mol. The lowest BCUT2D eigenvalue weighted by atomic mass is 10.2. The quantitative estimate of drug-likeness (QED) is 0.903. The highest BCUT2D eigenvalue weighted by Gasteiger charge is 2.11. The van der Waals surface area contributed by atoms with E-state index in [-0.39, 0.29) is 5.92 Å². The molecule has 2 aromatic rings. The Morgan fingerprint density at radius 3 is 2.68 bits per heavy atom. The number of nitrogens with zero attached hydrogens (tertiary/aromatic N) is 5. The van der Waals surface area contributed by atoms with Crippen molar-refractivity contribution < 1.29 is 0 Å². The summed E-state index contributed by atoms with van der Waals surface area (Å²) >= 11 is 0. The fourth-order valence-corrected chi connectivity index (χ4v) is 1.77. The molecule has 0 aliphatic heterocycles. The van der Waals surface area contributed by atoms with Gasteiger partial charge in [-0.15, -0.1) is 0 Å². The van der Waals surface area contributed by atoms with Gasteiger partial charge < -0.3 is 15.2 Å². The van der Waals surface area contributed by atoms with E-state index in [9.17, 15) is 0 Å². The number of imidazole rings is 1. The van der Waals surface area contributed by atoms with Crippen molar-refractivity contribution in [3.05, 3.63) is 30.1 Å². The Balaban J connectivity index is 2.23. The van der Waals surface area contributed by atoms with Gasteiger partial charge in [0, 0.05) is 38.5 Å². The first kappa shape index (κ1) is 13.3. The van der Waals surface area contributed by atoms with E-state index in [0.717, 1.165) is 17.5 Å². The highest BCUT2D eigenvalue weighted by atomic mass is 15.2.